The molecule has 0 spiro atoms. The Bertz CT molecular complexity index is 738. The van der Waals surface area contributed by atoms with E-state index in [1.54, 1.807) is 0 Å². The highest BCUT2D eigenvalue weighted by Gasteiger charge is 2.25. The number of amides is 1. The Labute approximate surface area is 138 Å². The van der Waals surface area contributed by atoms with Crippen LogP contribution in [0.2, 0.25) is 0 Å². The molecule has 0 bridgehead atoms. The summed E-state index contributed by atoms with van der Waals surface area (Å²) in [6, 6.07) is 2.05. The Morgan fingerprint density at radius 2 is 1.88 bits per heavy atom. The SMILES string of the molecule is N#Cc1nccnc1OC1CCC(NC(=O)c2cnccn2)CC1. The summed E-state index contributed by atoms with van der Waals surface area (Å²) in [6.07, 6.45) is 10.5. The zero-order chi connectivity index (χ0) is 16.8. The highest BCUT2D eigenvalue weighted by molar-refractivity contribution is 5.92. The first-order valence-electron chi connectivity index (χ1n) is 7.71. The number of ether oxygens (including phenoxy) is 1. The predicted molar refractivity (Wildman–Crippen MR) is 82.9 cm³/mol. The second-order valence-corrected chi connectivity index (χ2v) is 5.48. The van der Waals surface area contributed by atoms with Gasteiger partial charge in [-0.2, -0.15) is 5.26 Å². The van der Waals surface area contributed by atoms with E-state index in [1.165, 1.54) is 31.0 Å². The van der Waals surface area contributed by atoms with Gasteiger partial charge in [0.15, 0.2) is 0 Å². The van der Waals surface area contributed by atoms with Crippen molar-refractivity contribution in [3.8, 4) is 11.9 Å². The zero-order valence-corrected chi connectivity index (χ0v) is 12.9. The largest absolute Gasteiger partial charge is 0.472 e. The molecule has 0 saturated heterocycles. The van der Waals surface area contributed by atoms with Crippen molar-refractivity contribution in [1.29, 1.82) is 5.26 Å². The summed E-state index contributed by atoms with van der Waals surface area (Å²) in [4.78, 5) is 27.9. The number of hydrogen-bond donors (Lipinski definition) is 1. The maximum atomic E-state index is 12.1. The summed E-state index contributed by atoms with van der Waals surface area (Å²) in [5, 5.41) is 12.0. The smallest absolute Gasteiger partial charge is 0.271 e. The van der Waals surface area contributed by atoms with E-state index in [1.807, 2.05) is 6.07 Å². The molecule has 1 amide bonds. The number of nitriles is 1. The molecule has 1 saturated carbocycles. The van der Waals surface area contributed by atoms with E-state index in [4.69, 9.17) is 10.00 Å². The lowest BCUT2D eigenvalue weighted by Gasteiger charge is -2.29. The predicted octanol–water partition coefficient (Wildman–Crippen LogP) is 1.26. The second-order valence-electron chi connectivity index (χ2n) is 5.48. The van der Waals surface area contributed by atoms with E-state index in [9.17, 15) is 4.79 Å². The standard InChI is InChI=1S/C16H16N6O2/c17-9-13-16(21-8-7-19-13)24-12-3-1-11(2-4-12)22-15(23)14-10-18-5-6-20-14/h5-8,10-12H,1-4H2,(H,22,23). The van der Waals surface area contributed by atoms with Crippen molar-refractivity contribution in [3.63, 3.8) is 0 Å². The van der Waals surface area contributed by atoms with Gasteiger partial charge in [-0.25, -0.2) is 15.0 Å². The number of nitrogens with one attached hydrogen (secondary N) is 1. The number of carbonyl (C=O) groups excluding carboxylic acids is 1. The number of carbonyl (C=O) groups is 1. The van der Waals surface area contributed by atoms with Crippen LogP contribution in [0.1, 0.15) is 41.9 Å². The summed E-state index contributed by atoms with van der Waals surface area (Å²) >= 11 is 0. The Morgan fingerprint density at radius 1 is 1.12 bits per heavy atom. The van der Waals surface area contributed by atoms with Gasteiger partial charge in [-0.05, 0) is 25.7 Å². The lowest BCUT2D eigenvalue weighted by Crippen LogP contribution is -2.40. The van der Waals surface area contributed by atoms with Crippen LogP contribution in [0.5, 0.6) is 5.88 Å². The van der Waals surface area contributed by atoms with Crippen molar-refractivity contribution in [1.82, 2.24) is 25.3 Å². The van der Waals surface area contributed by atoms with Crippen molar-refractivity contribution in [2.45, 2.75) is 37.8 Å². The Kier molecular flexibility index (Phi) is 4.91. The van der Waals surface area contributed by atoms with Crippen LogP contribution in [-0.4, -0.2) is 38.0 Å². The maximum absolute atomic E-state index is 12.1. The van der Waals surface area contributed by atoms with Crippen LogP contribution in [-0.2, 0) is 0 Å². The summed E-state index contributed by atoms with van der Waals surface area (Å²) in [7, 11) is 0. The van der Waals surface area contributed by atoms with Gasteiger partial charge in [0.25, 0.3) is 11.8 Å². The molecule has 122 valence electrons. The average Bonchev–Trinajstić information content (AvgIpc) is 2.64. The fourth-order valence-electron chi connectivity index (χ4n) is 2.65. The molecule has 24 heavy (non-hydrogen) atoms. The lowest BCUT2D eigenvalue weighted by atomic mass is 9.93. The molecule has 1 N–H and O–H groups in total. The fourth-order valence-corrected chi connectivity index (χ4v) is 2.65. The van der Waals surface area contributed by atoms with Gasteiger partial charge in [0.1, 0.15) is 17.9 Å². The molecular weight excluding hydrogens is 308 g/mol. The molecule has 1 aliphatic carbocycles. The zero-order valence-electron chi connectivity index (χ0n) is 12.9. The monoisotopic (exact) mass is 324 g/mol. The quantitative estimate of drug-likeness (QED) is 0.900. The van der Waals surface area contributed by atoms with Gasteiger partial charge < -0.3 is 10.1 Å². The summed E-state index contributed by atoms with van der Waals surface area (Å²) in [5.41, 5.74) is 0.504. The molecule has 8 nitrogen and oxygen atoms in total. The Morgan fingerprint density at radius 3 is 2.58 bits per heavy atom. The highest BCUT2D eigenvalue weighted by atomic mass is 16.5. The normalized spacial score (nSPS) is 20.0. The Hall–Kier alpha value is -3.08. The average molecular weight is 324 g/mol. The number of nitrogens with zero attached hydrogens (tertiary/aromatic N) is 5. The first-order chi connectivity index (χ1) is 11.8. The summed E-state index contributed by atoms with van der Waals surface area (Å²) in [5.74, 6) is 0.0557. The summed E-state index contributed by atoms with van der Waals surface area (Å²) in [6.45, 7) is 0. The maximum Gasteiger partial charge on any atom is 0.271 e. The molecule has 2 aromatic rings. The fraction of sp³-hybridized carbons (Fsp3) is 0.375. The van der Waals surface area contributed by atoms with E-state index in [0.717, 1.165) is 25.7 Å². The topological polar surface area (TPSA) is 114 Å². The van der Waals surface area contributed by atoms with Crippen LogP contribution in [0.25, 0.3) is 0 Å². The first kappa shape index (κ1) is 15.8. The van der Waals surface area contributed by atoms with Gasteiger partial charge >= 0.3 is 0 Å². The number of hydrogen-bond acceptors (Lipinski definition) is 7. The van der Waals surface area contributed by atoms with Crippen molar-refractivity contribution in [2.24, 2.45) is 0 Å². The molecule has 0 atom stereocenters. The van der Waals surface area contributed by atoms with Crippen LogP contribution >= 0.6 is 0 Å². The molecule has 8 heteroatoms. The van der Waals surface area contributed by atoms with Gasteiger partial charge in [0.05, 0.1) is 6.20 Å². The van der Waals surface area contributed by atoms with Crippen molar-refractivity contribution >= 4 is 5.91 Å². The molecule has 3 rings (SSSR count). The minimum absolute atomic E-state index is 0.0292. The highest BCUT2D eigenvalue weighted by Crippen LogP contribution is 2.24. The van der Waals surface area contributed by atoms with Gasteiger partial charge in [0.2, 0.25) is 5.69 Å². The molecular formula is C16H16N6O2. The van der Waals surface area contributed by atoms with Crippen molar-refractivity contribution < 1.29 is 9.53 Å². The minimum atomic E-state index is -0.215. The molecule has 2 aromatic heterocycles. The van der Waals surface area contributed by atoms with Gasteiger partial charge in [0, 0.05) is 30.8 Å². The van der Waals surface area contributed by atoms with Gasteiger partial charge in [-0.3, -0.25) is 9.78 Å². The molecule has 2 heterocycles. The first-order valence-corrected chi connectivity index (χ1v) is 7.71. The van der Waals surface area contributed by atoms with Crippen molar-refractivity contribution in [2.75, 3.05) is 0 Å². The summed E-state index contributed by atoms with van der Waals surface area (Å²) < 4.78 is 5.78. The van der Waals surface area contributed by atoms with Crippen LogP contribution in [0, 0.1) is 11.3 Å². The molecule has 0 aromatic carbocycles. The lowest BCUT2D eigenvalue weighted by molar-refractivity contribution is 0.0884. The van der Waals surface area contributed by atoms with Crippen LogP contribution in [0.4, 0.5) is 0 Å². The van der Waals surface area contributed by atoms with E-state index in [0.29, 0.717) is 5.69 Å². The van der Waals surface area contributed by atoms with E-state index >= 15 is 0 Å². The third-order valence-corrected chi connectivity index (χ3v) is 3.85. The van der Waals surface area contributed by atoms with Crippen molar-refractivity contribution in [3.05, 3.63) is 42.4 Å². The second kappa shape index (κ2) is 7.46. The number of rotatable bonds is 4. The number of aromatic nitrogens is 4. The van der Waals surface area contributed by atoms with Gasteiger partial charge in [-0.15, -0.1) is 0 Å². The Balaban J connectivity index is 1.51. The van der Waals surface area contributed by atoms with E-state index < -0.39 is 0 Å². The third kappa shape index (κ3) is 3.81. The van der Waals surface area contributed by atoms with E-state index in [-0.39, 0.29) is 29.6 Å². The molecule has 0 radical (unpaired) electrons. The van der Waals surface area contributed by atoms with Crippen LogP contribution < -0.4 is 10.1 Å². The molecule has 1 fully saturated rings. The molecule has 0 aliphatic heterocycles. The van der Waals surface area contributed by atoms with E-state index in [2.05, 4.69) is 25.3 Å². The van der Waals surface area contributed by atoms with Gasteiger partial charge in [-0.1, -0.05) is 0 Å². The van der Waals surface area contributed by atoms with Crippen LogP contribution in [0.15, 0.2) is 31.0 Å². The third-order valence-electron chi connectivity index (χ3n) is 3.85. The van der Waals surface area contributed by atoms with Crippen LogP contribution in [0.3, 0.4) is 0 Å². The minimum Gasteiger partial charge on any atom is -0.472 e. The molecule has 1 aliphatic rings. The molecule has 0 unspecified atom stereocenters.